The SMILES string of the molecule is N#CC1CCCN(C(=O)C2CCCCS2(=O)=O)C1. The minimum atomic E-state index is -3.27. The molecule has 0 aromatic carbocycles. The van der Waals surface area contributed by atoms with E-state index in [1.807, 2.05) is 0 Å². The summed E-state index contributed by atoms with van der Waals surface area (Å²) in [4.78, 5) is 13.8. The lowest BCUT2D eigenvalue weighted by atomic mass is 9.99. The summed E-state index contributed by atoms with van der Waals surface area (Å²) >= 11 is 0. The third-order valence-corrected chi connectivity index (χ3v) is 5.93. The largest absolute Gasteiger partial charge is 0.340 e. The van der Waals surface area contributed by atoms with Crippen LogP contribution in [0.1, 0.15) is 32.1 Å². The zero-order chi connectivity index (χ0) is 13.2. The zero-order valence-corrected chi connectivity index (χ0v) is 11.2. The summed E-state index contributed by atoms with van der Waals surface area (Å²) in [6, 6.07) is 2.17. The highest BCUT2D eigenvalue weighted by atomic mass is 32.2. The van der Waals surface area contributed by atoms with Gasteiger partial charge in [0.2, 0.25) is 5.91 Å². The summed E-state index contributed by atoms with van der Waals surface area (Å²) in [5.74, 6) is -0.303. The predicted octanol–water partition coefficient (Wildman–Crippen LogP) is 0.716. The molecule has 2 fully saturated rings. The molecule has 2 aliphatic rings. The maximum absolute atomic E-state index is 12.3. The summed E-state index contributed by atoms with van der Waals surface area (Å²) in [5, 5.41) is 8.04. The molecule has 5 nitrogen and oxygen atoms in total. The number of sulfone groups is 1. The highest BCUT2D eigenvalue weighted by Gasteiger charge is 2.38. The highest BCUT2D eigenvalue weighted by Crippen LogP contribution is 2.24. The van der Waals surface area contributed by atoms with E-state index in [0.717, 1.165) is 19.3 Å². The molecule has 2 heterocycles. The van der Waals surface area contributed by atoms with Gasteiger partial charge in [-0.05, 0) is 25.7 Å². The van der Waals surface area contributed by atoms with Crippen molar-refractivity contribution in [2.45, 2.75) is 37.4 Å². The van der Waals surface area contributed by atoms with Crippen LogP contribution in [0, 0.1) is 17.2 Å². The van der Waals surface area contributed by atoms with Gasteiger partial charge in [-0.3, -0.25) is 4.79 Å². The number of nitriles is 1. The molecule has 0 aromatic heterocycles. The molecule has 2 saturated heterocycles. The monoisotopic (exact) mass is 270 g/mol. The summed E-state index contributed by atoms with van der Waals surface area (Å²) in [6.45, 7) is 0.977. The maximum Gasteiger partial charge on any atom is 0.240 e. The van der Waals surface area contributed by atoms with Gasteiger partial charge in [-0.25, -0.2) is 8.42 Å². The lowest BCUT2D eigenvalue weighted by molar-refractivity contribution is -0.132. The molecule has 0 N–H and O–H groups in total. The summed E-state index contributed by atoms with van der Waals surface area (Å²) < 4.78 is 23.8. The lowest BCUT2D eigenvalue weighted by Crippen LogP contribution is -2.48. The molecule has 2 aliphatic heterocycles. The van der Waals surface area contributed by atoms with Gasteiger partial charge in [0, 0.05) is 13.1 Å². The van der Waals surface area contributed by atoms with Gasteiger partial charge in [0.15, 0.2) is 9.84 Å². The summed E-state index contributed by atoms with van der Waals surface area (Å²) in [6.07, 6.45) is 3.49. The van der Waals surface area contributed by atoms with Crippen molar-refractivity contribution in [2.75, 3.05) is 18.8 Å². The summed E-state index contributed by atoms with van der Waals surface area (Å²) in [7, 11) is -3.27. The number of carbonyl (C=O) groups is 1. The first kappa shape index (κ1) is 13.3. The van der Waals surface area contributed by atoms with Crippen molar-refractivity contribution in [2.24, 2.45) is 5.92 Å². The number of piperidine rings is 1. The van der Waals surface area contributed by atoms with E-state index in [-0.39, 0.29) is 17.6 Å². The third kappa shape index (κ3) is 2.66. The number of hydrogen-bond donors (Lipinski definition) is 0. The van der Waals surface area contributed by atoms with Crippen LogP contribution >= 0.6 is 0 Å². The van der Waals surface area contributed by atoms with Crippen LogP contribution in [0.15, 0.2) is 0 Å². The van der Waals surface area contributed by atoms with Crippen LogP contribution in [-0.4, -0.2) is 43.3 Å². The molecule has 2 rings (SSSR count). The number of rotatable bonds is 1. The van der Waals surface area contributed by atoms with Crippen LogP contribution < -0.4 is 0 Å². The Balaban J connectivity index is 2.09. The van der Waals surface area contributed by atoms with E-state index in [4.69, 9.17) is 5.26 Å². The van der Waals surface area contributed by atoms with Crippen molar-refractivity contribution < 1.29 is 13.2 Å². The Bertz CT molecular complexity index is 466. The number of nitrogens with zero attached hydrogens (tertiary/aromatic N) is 2. The number of amides is 1. The van der Waals surface area contributed by atoms with E-state index in [1.165, 1.54) is 0 Å². The van der Waals surface area contributed by atoms with Crippen molar-refractivity contribution in [3.8, 4) is 6.07 Å². The van der Waals surface area contributed by atoms with Crippen LogP contribution in [0.25, 0.3) is 0 Å². The minimum absolute atomic E-state index is 0.124. The molecule has 100 valence electrons. The average molecular weight is 270 g/mol. The molecule has 0 spiro atoms. The molecule has 2 unspecified atom stereocenters. The van der Waals surface area contributed by atoms with Crippen molar-refractivity contribution in [3.05, 3.63) is 0 Å². The number of carbonyl (C=O) groups excluding carboxylic acids is 1. The van der Waals surface area contributed by atoms with Gasteiger partial charge in [0.05, 0.1) is 17.7 Å². The molecule has 1 amide bonds. The molecule has 2 atom stereocenters. The van der Waals surface area contributed by atoms with Gasteiger partial charge in [-0.15, -0.1) is 0 Å². The van der Waals surface area contributed by atoms with Gasteiger partial charge in [-0.2, -0.15) is 5.26 Å². The third-order valence-electron chi connectivity index (χ3n) is 3.77. The first-order valence-corrected chi connectivity index (χ1v) is 8.16. The first-order valence-electron chi connectivity index (χ1n) is 6.44. The van der Waals surface area contributed by atoms with Gasteiger partial charge >= 0.3 is 0 Å². The van der Waals surface area contributed by atoms with Crippen molar-refractivity contribution >= 4 is 15.7 Å². The van der Waals surface area contributed by atoms with E-state index < -0.39 is 15.1 Å². The maximum atomic E-state index is 12.3. The van der Waals surface area contributed by atoms with Crippen molar-refractivity contribution in [1.29, 1.82) is 5.26 Å². The normalized spacial score (nSPS) is 31.6. The van der Waals surface area contributed by atoms with E-state index in [1.54, 1.807) is 4.90 Å². The molecule has 0 radical (unpaired) electrons. The smallest absolute Gasteiger partial charge is 0.240 e. The molecule has 0 aliphatic carbocycles. The second-order valence-electron chi connectivity index (χ2n) is 5.10. The van der Waals surface area contributed by atoms with Gasteiger partial charge in [0.25, 0.3) is 0 Å². The minimum Gasteiger partial charge on any atom is -0.340 e. The Kier molecular flexibility index (Phi) is 3.91. The molecule has 0 bridgehead atoms. The summed E-state index contributed by atoms with van der Waals surface area (Å²) in [5.41, 5.74) is 0. The zero-order valence-electron chi connectivity index (χ0n) is 10.3. The van der Waals surface area contributed by atoms with Crippen molar-refractivity contribution in [1.82, 2.24) is 4.90 Å². The second kappa shape index (κ2) is 5.27. The number of likely N-dealkylation sites (tertiary alicyclic amines) is 1. The molecule has 0 aromatic rings. The van der Waals surface area contributed by atoms with Crippen LogP contribution in [-0.2, 0) is 14.6 Å². The second-order valence-corrected chi connectivity index (χ2v) is 7.41. The van der Waals surface area contributed by atoms with Gasteiger partial charge in [-0.1, -0.05) is 6.42 Å². The molecular formula is C12H18N2O3S. The molecule has 0 saturated carbocycles. The molecular weight excluding hydrogens is 252 g/mol. The van der Waals surface area contributed by atoms with Gasteiger partial charge < -0.3 is 4.90 Å². The van der Waals surface area contributed by atoms with E-state index in [2.05, 4.69) is 6.07 Å². The molecule has 6 heteroatoms. The Labute approximate surface area is 108 Å². The van der Waals surface area contributed by atoms with Crippen LogP contribution in [0.2, 0.25) is 0 Å². The van der Waals surface area contributed by atoms with Gasteiger partial charge in [0.1, 0.15) is 5.25 Å². The van der Waals surface area contributed by atoms with Crippen LogP contribution in [0.3, 0.4) is 0 Å². The lowest BCUT2D eigenvalue weighted by Gasteiger charge is -2.33. The first-order chi connectivity index (χ1) is 8.54. The molecule has 18 heavy (non-hydrogen) atoms. The highest BCUT2D eigenvalue weighted by molar-refractivity contribution is 7.92. The Hall–Kier alpha value is -1.09. The Morgan fingerprint density at radius 1 is 1.22 bits per heavy atom. The van der Waals surface area contributed by atoms with E-state index in [9.17, 15) is 13.2 Å². The standard InChI is InChI=1S/C12H18N2O3S/c13-8-10-4-3-6-14(9-10)12(15)11-5-1-2-7-18(11,16)17/h10-11H,1-7,9H2. The average Bonchev–Trinajstić information content (AvgIpc) is 2.37. The van der Waals surface area contributed by atoms with E-state index >= 15 is 0 Å². The van der Waals surface area contributed by atoms with E-state index in [0.29, 0.717) is 25.9 Å². The quantitative estimate of drug-likeness (QED) is 0.703. The fraction of sp³-hybridized carbons (Fsp3) is 0.833. The van der Waals surface area contributed by atoms with Crippen LogP contribution in [0.4, 0.5) is 0 Å². The predicted molar refractivity (Wildman–Crippen MR) is 66.3 cm³/mol. The Morgan fingerprint density at radius 2 is 2.00 bits per heavy atom. The topological polar surface area (TPSA) is 78.2 Å². The fourth-order valence-corrected chi connectivity index (χ4v) is 4.59. The number of hydrogen-bond acceptors (Lipinski definition) is 4. The van der Waals surface area contributed by atoms with Crippen LogP contribution in [0.5, 0.6) is 0 Å². The van der Waals surface area contributed by atoms with Crippen molar-refractivity contribution in [3.63, 3.8) is 0 Å². The fourth-order valence-electron chi connectivity index (χ4n) is 2.72. The Morgan fingerprint density at radius 3 is 2.67 bits per heavy atom.